The number of fused-ring (bicyclic) bond motifs is 1. The van der Waals surface area contributed by atoms with Crippen LogP contribution in [-0.4, -0.2) is 12.6 Å². The highest BCUT2D eigenvalue weighted by Gasteiger charge is 2.15. The van der Waals surface area contributed by atoms with E-state index in [1.165, 1.54) is 4.70 Å². The summed E-state index contributed by atoms with van der Waals surface area (Å²) in [7, 11) is 0. The van der Waals surface area contributed by atoms with Crippen molar-refractivity contribution in [2.45, 2.75) is 6.54 Å². The predicted molar refractivity (Wildman–Crippen MR) is 63.2 cm³/mol. The number of hydrogen-bond acceptors (Lipinski definition) is 3. The SMILES string of the molecule is C=CCOC(=O)C[n+]1csc2ccccc21.[Br-]. The van der Waals surface area contributed by atoms with Crippen LogP contribution in [0.3, 0.4) is 0 Å². The Hall–Kier alpha value is -1.20. The molecule has 0 bridgehead atoms. The van der Waals surface area contributed by atoms with E-state index in [1.807, 2.05) is 34.3 Å². The predicted octanol–water partition coefficient (Wildman–Crippen LogP) is -1.08. The zero-order valence-electron chi connectivity index (χ0n) is 9.14. The van der Waals surface area contributed by atoms with Gasteiger partial charge in [0.05, 0.1) is 0 Å². The number of benzene rings is 1. The summed E-state index contributed by atoms with van der Waals surface area (Å²) in [6, 6.07) is 7.97. The van der Waals surface area contributed by atoms with E-state index in [2.05, 4.69) is 6.58 Å². The van der Waals surface area contributed by atoms with Crippen LogP contribution < -0.4 is 21.5 Å². The maximum absolute atomic E-state index is 11.4. The summed E-state index contributed by atoms with van der Waals surface area (Å²) in [4.78, 5) is 11.4. The second-order valence-corrected chi connectivity index (χ2v) is 4.18. The molecule has 0 fully saturated rings. The van der Waals surface area contributed by atoms with E-state index >= 15 is 0 Å². The first kappa shape index (κ1) is 13.9. The molecular formula is C12H12BrNO2S. The molecule has 0 spiro atoms. The van der Waals surface area contributed by atoms with Gasteiger partial charge in [0.1, 0.15) is 11.3 Å². The second kappa shape index (κ2) is 6.51. The second-order valence-electron chi connectivity index (χ2n) is 3.29. The van der Waals surface area contributed by atoms with Crippen molar-refractivity contribution in [3.63, 3.8) is 0 Å². The van der Waals surface area contributed by atoms with E-state index in [1.54, 1.807) is 17.4 Å². The van der Waals surface area contributed by atoms with Crippen LogP contribution in [0.1, 0.15) is 0 Å². The van der Waals surface area contributed by atoms with E-state index in [4.69, 9.17) is 4.74 Å². The van der Waals surface area contributed by atoms with E-state index in [-0.39, 0.29) is 36.1 Å². The topological polar surface area (TPSA) is 30.2 Å². The van der Waals surface area contributed by atoms with Crippen molar-refractivity contribution in [1.29, 1.82) is 0 Å². The molecule has 0 aliphatic carbocycles. The summed E-state index contributed by atoms with van der Waals surface area (Å²) in [5, 5.41) is 0. The van der Waals surface area contributed by atoms with Crippen LogP contribution in [0.25, 0.3) is 10.2 Å². The van der Waals surface area contributed by atoms with Gasteiger partial charge in [-0.05, 0) is 6.07 Å². The van der Waals surface area contributed by atoms with Crippen molar-refractivity contribution in [3.8, 4) is 0 Å². The average molecular weight is 314 g/mol. The lowest BCUT2D eigenvalue weighted by molar-refractivity contribution is -0.655. The first-order valence-corrected chi connectivity index (χ1v) is 5.81. The number of carbonyl (C=O) groups excluding carboxylic acids is 1. The maximum Gasteiger partial charge on any atom is 0.373 e. The molecule has 0 radical (unpaired) electrons. The van der Waals surface area contributed by atoms with Gasteiger partial charge in [-0.3, -0.25) is 0 Å². The minimum absolute atomic E-state index is 0. The highest BCUT2D eigenvalue weighted by Crippen LogP contribution is 2.14. The van der Waals surface area contributed by atoms with Crippen molar-refractivity contribution in [2.24, 2.45) is 0 Å². The molecule has 2 aromatic rings. The summed E-state index contributed by atoms with van der Waals surface area (Å²) in [6.07, 6.45) is 1.56. The van der Waals surface area contributed by atoms with E-state index < -0.39 is 0 Å². The van der Waals surface area contributed by atoms with Gasteiger partial charge in [0.2, 0.25) is 17.6 Å². The molecule has 1 aromatic heterocycles. The third-order valence-corrected chi connectivity index (χ3v) is 3.10. The lowest BCUT2D eigenvalue weighted by Crippen LogP contribution is -3.00. The minimum atomic E-state index is -0.242. The highest BCUT2D eigenvalue weighted by molar-refractivity contribution is 7.16. The van der Waals surface area contributed by atoms with Crippen LogP contribution >= 0.6 is 11.3 Å². The highest BCUT2D eigenvalue weighted by atomic mass is 79.9. The number of esters is 1. The van der Waals surface area contributed by atoms with Crippen LogP contribution in [-0.2, 0) is 16.1 Å². The fraction of sp³-hybridized carbons (Fsp3) is 0.167. The molecule has 1 aromatic carbocycles. The molecule has 0 atom stereocenters. The molecule has 3 nitrogen and oxygen atoms in total. The molecule has 0 aliphatic rings. The number of hydrogen-bond donors (Lipinski definition) is 0. The maximum atomic E-state index is 11.4. The lowest BCUT2D eigenvalue weighted by Gasteiger charge is -1.97. The van der Waals surface area contributed by atoms with Gasteiger partial charge in [-0.15, -0.1) is 0 Å². The average Bonchev–Trinajstić information content (AvgIpc) is 2.70. The Bertz CT molecular complexity index is 524. The van der Waals surface area contributed by atoms with Crippen LogP contribution in [0.15, 0.2) is 42.4 Å². The molecule has 0 aliphatic heterocycles. The van der Waals surface area contributed by atoms with Gasteiger partial charge in [-0.1, -0.05) is 36.1 Å². The zero-order chi connectivity index (χ0) is 11.4. The van der Waals surface area contributed by atoms with Crippen LogP contribution in [0.2, 0.25) is 0 Å². The molecule has 0 saturated carbocycles. The molecule has 0 N–H and O–H groups in total. The first-order valence-electron chi connectivity index (χ1n) is 4.93. The molecule has 17 heavy (non-hydrogen) atoms. The Kier molecular flexibility index (Phi) is 5.31. The third kappa shape index (κ3) is 3.38. The van der Waals surface area contributed by atoms with Crippen LogP contribution in [0, 0.1) is 0 Å². The molecule has 5 heteroatoms. The van der Waals surface area contributed by atoms with Gasteiger partial charge < -0.3 is 21.7 Å². The number of aromatic nitrogens is 1. The van der Waals surface area contributed by atoms with Crippen molar-refractivity contribution in [1.82, 2.24) is 0 Å². The number of thiazole rings is 1. The molecule has 0 amide bonds. The van der Waals surface area contributed by atoms with Gasteiger partial charge in [0.25, 0.3) is 0 Å². The van der Waals surface area contributed by atoms with Crippen molar-refractivity contribution >= 4 is 27.5 Å². The Morgan fingerprint density at radius 3 is 3.00 bits per heavy atom. The van der Waals surface area contributed by atoms with Gasteiger partial charge >= 0.3 is 5.97 Å². The summed E-state index contributed by atoms with van der Waals surface area (Å²) in [5.41, 5.74) is 2.99. The number of para-hydroxylation sites is 1. The molecule has 90 valence electrons. The Balaban J connectivity index is 0.00000144. The summed E-state index contributed by atoms with van der Waals surface area (Å²) in [5.74, 6) is -0.242. The zero-order valence-corrected chi connectivity index (χ0v) is 11.5. The summed E-state index contributed by atoms with van der Waals surface area (Å²) in [6.45, 7) is 4.01. The molecular weight excluding hydrogens is 302 g/mol. The number of halogens is 1. The Labute approximate surface area is 114 Å². The van der Waals surface area contributed by atoms with Gasteiger partial charge in [0, 0.05) is 6.07 Å². The van der Waals surface area contributed by atoms with E-state index in [0.717, 1.165) is 5.52 Å². The number of nitrogens with zero attached hydrogens (tertiary/aromatic N) is 1. The minimum Gasteiger partial charge on any atom is -1.00 e. The quantitative estimate of drug-likeness (QED) is 0.408. The standard InChI is InChI=1S/C12H12NO2S.BrH/c1-2-7-15-12(14)8-13-9-16-11-6-4-3-5-10(11)13;/h2-6,9H,1,7-8H2;1H/q+1;/p-1. The monoisotopic (exact) mass is 313 g/mol. The largest absolute Gasteiger partial charge is 1.00 e. The summed E-state index contributed by atoms with van der Waals surface area (Å²) < 4.78 is 8.00. The number of ether oxygens (including phenoxy) is 1. The van der Waals surface area contributed by atoms with Gasteiger partial charge in [-0.2, -0.15) is 4.57 Å². The lowest BCUT2D eigenvalue weighted by atomic mass is 10.3. The Morgan fingerprint density at radius 1 is 1.47 bits per heavy atom. The van der Waals surface area contributed by atoms with E-state index in [0.29, 0.717) is 0 Å². The fourth-order valence-corrected chi connectivity index (χ4v) is 2.32. The molecule has 0 saturated heterocycles. The molecule has 2 rings (SSSR count). The van der Waals surface area contributed by atoms with Crippen molar-refractivity contribution in [2.75, 3.05) is 6.61 Å². The van der Waals surface area contributed by atoms with Crippen molar-refractivity contribution < 1.29 is 31.1 Å². The Morgan fingerprint density at radius 2 is 2.24 bits per heavy atom. The third-order valence-electron chi connectivity index (χ3n) is 2.14. The van der Waals surface area contributed by atoms with E-state index in [9.17, 15) is 4.79 Å². The summed E-state index contributed by atoms with van der Waals surface area (Å²) >= 11 is 1.61. The normalized spacial score (nSPS) is 9.65. The van der Waals surface area contributed by atoms with Gasteiger partial charge in [-0.25, -0.2) is 4.79 Å². The smallest absolute Gasteiger partial charge is 0.373 e. The fourth-order valence-electron chi connectivity index (χ4n) is 1.43. The number of rotatable bonds is 4. The first-order chi connectivity index (χ1) is 7.81. The molecule has 1 heterocycles. The molecule has 0 unspecified atom stereocenters. The van der Waals surface area contributed by atoms with Crippen LogP contribution in [0.4, 0.5) is 0 Å². The van der Waals surface area contributed by atoms with Crippen molar-refractivity contribution in [3.05, 3.63) is 42.4 Å². The van der Waals surface area contributed by atoms with Crippen LogP contribution in [0.5, 0.6) is 0 Å². The van der Waals surface area contributed by atoms with Gasteiger partial charge in [0.15, 0.2) is 0 Å². The number of carbonyl (C=O) groups is 1.